The summed E-state index contributed by atoms with van der Waals surface area (Å²) >= 11 is 1.57. The number of carbonyl (C=O) groups is 1. The van der Waals surface area contributed by atoms with Crippen LogP contribution in [-0.2, 0) is 11.3 Å². The highest BCUT2D eigenvalue weighted by molar-refractivity contribution is 7.09. The summed E-state index contributed by atoms with van der Waals surface area (Å²) in [4.78, 5) is 15.2. The van der Waals surface area contributed by atoms with Crippen LogP contribution < -0.4 is 4.90 Å². The van der Waals surface area contributed by atoms with Gasteiger partial charge < -0.3 is 9.32 Å². The number of halogens is 1. The number of rotatable bonds is 5. The molecule has 2 heterocycles. The lowest BCUT2D eigenvalue weighted by Gasteiger charge is -2.20. The number of thiophene rings is 1. The van der Waals surface area contributed by atoms with Gasteiger partial charge in [-0.15, -0.1) is 11.3 Å². The van der Waals surface area contributed by atoms with Crippen molar-refractivity contribution in [3.8, 4) is 0 Å². The molecule has 0 saturated carbocycles. The first-order chi connectivity index (χ1) is 11.2. The van der Waals surface area contributed by atoms with Gasteiger partial charge in [0.2, 0.25) is 0 Å². The Labute approximate surface area is 137 Å². The molecular weight excluding hydrogens is 313 g/mol. The molecule has 1 amide bonds. The smallest absolute Gasteiger partial charge is 0.251 e. The Hall–Kier alpha value is -2.66. The first-order valence-corrected chi connectivity index (χ1v) is 7.91. The van der Waals surface area contributed by atoms with E-state index in [1.807, 2.05) is 17.5 Å². The molecule has 0 saturated heterocycles. The fraction of sp³-hybridized carbons (Fsp3) is 0.0556. The van der Waals surface area contributed by atoms with Gasteiger partial charge in [0.1, 0.15) is 11.6 Å². The minimum absolute atomic E-state index is 0.193. The number of benzene rings is 1. The zero-order valence-corrected chi connectivity index (χ0v) is 13.0. The van der Waals surface area contributed by atoms with Crippen molar-refractivity contribution >= 4 is 29.0 Å². The van der Waals surface area contributed by atoms with E-state index in [1.165, 1.54) is 18.2 Å². The molecule has 0 unspecified atom stereocenters. The predicted octanol–water partition coefficient (Wildman–Crippen LogP) is 4.73. The van der Waals surface area contributed by atoms with Gasteiger partial charge in [-0.2, -0.15) is 0 Å². The van der Waals surface area contributed by atoms with Crippen molar-refractivity contribution in [3.05, 3.63) is 82.7 Å². The molecule has 0 N–H and O–H groups in total. The van der Waals surface area contributed by atoms with Crippen molar-refractivity contribution in [3.63, 3.8) is 0 Å². The summed E-state index contributed by atoms with van der Waals surface area (Å²) in [6, 6.07) is 13.3. The lowest BCUT2D eigenvalue weighted by molar-refractivity contribution is -0.114. The van der Waals surface area contributed by atoms with E-state index in [2.05, 4.69) is 0 Å². The van der Waals surface area contributed by atoms with Crippen molar-refractivity contribution in [2.45, 2.75) is 6.54 Å². The number of hydrogen-bond acceptors (Lipinski definition) is 3. The molecule has 23 heavy (non-hydrogen) atoms. The quantitative estimate of drug-likeness (QED) is 0.635. The lowest BCUT2D eigenvalue weighted by Crippen LogP contribution is -2.28. The van der Waals surface area contributed by atoms with Gasteiger partial charge in [0.15, 0.2) is 0 Å². The van der Waals surface area contributed by atoms with Crippen LogP contribution in [0.15, 0.2) is 70.7 Å². The van der Waals surface area contributed by atoms with Gasteiger partial charge in [0, 0.05) is 16.6 Å². The molecule has 0 aliphatic heterocycles. The van der Waals surface area contributed by atoms with E-state index >= 15 is 0 Å². The Kier molecular flexibility index (Phi) is 4.68. The molecule has 3 aromatic rings. The summed E-state index contributed by atoms with van der Waals surface area (Å²) in [6.07, 6.45) is 4.62. The molecule has 0 atom stereocenters. The van der Waals surface area contributed by atoms with Gasteiger partial charge in [-0.05, 0) is 53.9 Å². The van der Waals surface area contributed by atoms with Gasteiger partial charge in [-0.3, -0.25) is 4.79 Å². The molecule has 0 bridgehead atoms. The maximum absolute atomic E-state index is 13.1. The van der Waals surface area contributed by atoms with E-state index in [0.29, 0.717) is 18.0 Å². The maximum atomic E-state index is 13.1. The van der Waals surface area contributed by atoms with Crippen LogP contribution in [0, 0.1) is 5.82 Å². The van der Waals surface area contributed by atoms with Crippen LogP contribution in [0.1, 0.15) is 10.6 Å². The van der Waals surface area contributed by atoms with E-state index < -0.39 is 0 Å². The molecule has 0 radical (unpaired) electrons. The fourth-order valence-corrected chi connectivity index (χ4v) is 2.80. The second-order valence-corrected chi connectivity index (χ2v) is 5.86. The number of amides is 1. The summed E-state index contributed by atoms with van der Waals surface area (Å²) in [5, 5.41) is 1.96. The topological polar surface area (TPSA) is 33.5 Å². The second-order valence-electron chi connectivity index (χ2n) is 4.83. The number of furan rings is 1. The summed E-state index contributed by atoms with van der Waals surface area (Å²) < 4.78 is 18.3. The number of hydrogen-bond donors (Lipinski definition) is 0. The number of anilines is 1. The highest BCUT2D eigenvalue weighted by Gasteiger charge is 2.14. The zero-order chi connectivity index (χ0) is 16.1. The first kappa shape index (κ1) is 15.2. The monoisotopic (exact) mass is 327 g/mol. The molecule has 0 spiro atoms. The van der Waals surface area contributed by atoms with Crippen LogP contribution >= 0.6 is 11.3 Å². The Morgan fingerprint density at radius 1 is 1.17 bits per heavy atom. The van der Waals surface area contributed by atoms with Gasteiger partial charge in [-0.25, -0.2) is 4.39 Å². The van der Waals surface area contributed by atoms with Gasteiger partial charge in [-0.1, -0.05) is 6.07 Å². The van der Waals surface area contributed by atoms with E-state index in [1.54, 1.807) is 52.8 Å². The second kappa shape index (κ2) is 7.07. The summed E-state index contributed by atoms with van der Waals surface area (Å²) in [5.74, 6) is 0.0818. The Bertz CT molecular complexity index is 777. The van der Waals surface area contributed by atoms with E-state index in [0.717, 1.165) is 4.88 Å². The first-order valence-electron chi connectivity index (χ1n) is 7.03. The molecular formula is C18H14FNO2S. The standard InChI is InChI=1S/C18H14FNO2S/c19-14-5-7-15(8-6-14)20(13-17-4-2-12-23-17)18(21)10-9-16-3-1-11-22-16/h1-12H,13H2/b10-9+. The predicted molar refractivity (Wildman–Crippen MR) is 89.7 cm³/mol. The van der Waals surface area contributed by atoms with E-state index in [9.17, 15) is 9.18 Å². The average molecular weight is 327 g/mol. The van der Waals surface area contributed by atoms with Crippen LogP contribution in [0.3, 0.4) is 0 Å². The third-order valence-corrected chi connectivity index (χ3v) is 4.09. The summed E-state index contributed by atoms with van der Waals surface area (Å²) in [6.45, 7) is 0.435. The van der Waals surface area contributed by atoms with Crippen LogP contribution in [-0.4, -0.2) is 5.91 Å². The van der Waals surface area contributed by atoms with Crippen molar-refractivity contribution in [2.75, 3.05) is 4.90 Å². The van der Waals surface area contributed by atoms with Gasteiger partial charge in [0.05, 0.1) is 12.8 Å². The van der Waals surface area contributed by atoms with Crippen molar-refractivity contribution in [1.82, 2.24) is 0 Å². The van der Waals surface area contributed by atoms with Crippen LogP contribution in [0.25, 0.3) is 6.08 Å². The maximum Gasteiger partial charge on any atom is 0.251 e. The third kappa shape index (κ3) is 3.96. The van der Waals surface area contributed by atoms with Crippen LogP contribution in [0.5, 0.6) is 0 Å². The molecule has 1 aromatic carbocycles. The highest BCUT2D eigenvalue weighted by Crippen LogP contribution is 2.21. The van der Waals surface area contributed by atoms with Crippen LogP contribution in [0.2, 0.25) is 0 Å². The highest BCUT2D eigenvalue weighted by atomic mass is 32.1. The molecule has 3 nitrogen and oxygen atoms in total. The summed E-state index contributed by atoms with van der Waals surface area (Å²) in [7, 11) is 0. The number of carbonyl (C=O) groups excluding carboxylic acids is 1. The molecule has 0 aliphatic carbocycles. The fourth-order valence-electron chi connectivity index (χ4n) is 2.11. The molecule has 0 aliphatic rings. The van der Waals surface area contributed by atoms with Gasteiger partial charge in [0.25, 0.3) is 5.91 Å². The number of nitrogens with zero attached hydrogens (tertiary/aromatic N) is 1. The minimum Gasteiger partial charge on any atom is -0.465 e. The Morgan fingerprint density at radius 3 is 2.65 bits per heavy atom. The molecule has 5 heteroatoms. The van der Waals surface area contributed by atoms with Crippen molar-refractivity contribution < 1.29 is 13.6 Å². The van der Waals surface area contributed by atoms with Gasteiger partial charge >= 0.3 is 0 Å². The van der Waals surface area contributed by atoms with E-state index in [-0.39, 0.29) is 11.7 Å². The SMILES string of the molecule is O=C(/C=C/c1ccco1)N(Cc1cccs1)c1ccc(F)cc1. The Morgan fingerprint density at radius 2 is 2.00 bits per heavy atom. The molecule has 2 aromatic heterocycles. The third-order valence-electron chi connectivity index (χ3n) is 3.23. The minimum atomic E-state index is -0.330. The van der Waals surface area contributed by atoms with Crippen molar-refractivity contribution in [1.29, 1.82) is 0 Å². The van der Waals surface area contributed by atoms with Crippen molar-refractivity contribution in [2.24, 2.45) is 0 Å². The molecule has 0 fully saturated rings. The Balaban J connectivity index is 1.84. The summed E-state index contributed by atoms with van der Waals surface area (Å²) in [5.41, 5.74) is 0.647. The van der Waals surface area contributed by atoms with E-state index in [4.69, 9.17) is 4.42 Å². The molecule has 3 rings (SSSR count). The lowest BCUT2D eigenvalue weighted by atomic mass is 10.2. The normalized spacial score (nSPS) is 11.0. The zero-order valence-electron chi connectivity index (χ0n) is 12.2. The largest absolute Gasteiger partial charge is 0.465 e. The van der Waals surface area contributed by atoms with Crippen LogP contribution in [0.4, 0.5) is 10.1 Å². The molecule has 116 valence electrons. The average Bonchev–Trinajstić information content (AvgIpc) is 3.25.